The quantitative estimate of drug-likeness (QED) is 0.796. The van der Waals surface area contributed by atoms with Gasteiger partial charge in [-0.15, -0.1) is 0 Å². The average molecular weight is 282 g/mol. The first kappa shape index (κ1) is 15.1. The normalized spacial score (nSPS) is 20.1. The van der Waals surface area contributed by atoms with Crippen LogP contribution in [0.5, 0.6) is 11.5 Å². The summed E-state index contributed by atoms with van der Waals surface area (Å²) in [6.45, 7) is 7.68. The minimum Gasteiger partial charge on any atom is -0.497 e. The lowest BCUT2D eigenvalue weighted by atomic mass is 9.78. The van der Waals surface area contributed by atoms with E-state index in [0.717, 1.165) is 0 Å². The highest BCUT2D eigenvalue weighted by atomic mass is 19.1. The van der Waals surface area contributed by atoms with Crippen LogP contribution in [0.15, 0.2) is 12.1 Å². The summed E-state index contributed by atoms with van der Waals surface area (Å²) in [7, 11) is 2.14. The van der Waals surface area contributed by atoms with Gasteiger partial charge >= 0.3 is 7.12 Å². The summed E-state index contributed by atoms with van der Waals surface area (Å²) >= 11 is 0. The molecule has 0 aromatic heterocycles. The zero-order chi connectivity index (χ0) is 15.1. The molecule has 1 aliphatic rings. The standard InChI is InChI=1S/C14H20BFO4/c1-13(2)14(3,4)20-15(19-13)10-7-9(17-5)8-11(18-6)12(10)16/h7-8H,1-6H3. The minimum atomic E-state index is -0.788. The molecule has 0 amide bonds. The summed E-state index contributed by atoms with van der Waals surface area (Å²) < 4.78 is 36.3. The third-order valence-electron chi connectivity index (χ3n) is 4.00. The number of hydrogen-bond donors (Lipinski definition) is 0. The van der Waals surface area contributed by atoms with Gasteiger partial charge in [0.25, 0.3) is 0 Å². The van der Waals surface area contributed by atoms with Gasteiger partial charge in [0.2, 0.25) is 0 Å². The van der Waals surface area contributed by atoms with Crippen LogP contribution in [-0.4, -0.2) is 32.5 Å². The van der Waals surface area contributed by atoms with Crippen LogP contribution in [0.4, 0.5) is 4.39 Å². The number of rotatable bonds is 3. The molecule has 1 heterocycles. The van der Waals surface area contributed by atoms with E-state index in [0.29, 0.717) is 5.75 Å². The lowest BCUT2D eigenvalue weighted by Gasteiger charge is -2.32. The molecule has 1 aromatic carbocycles. The van der Waals surface area contributed by atoms with E-state index in [9.17, 15) is 4.39 Å². The van der Waals surface area contributed by atoms with Gasteiger partial charge in [-0.3, -0.25) is 0 Å². The molecule has 0 atom stereocenters. The first-order valence-electron chi connectivity index (χ1n) is 6.49. The predicted octanol–water partition coefficient (Wildman–Crippen LogP) is 2.14. The fourth-order valence-electron chi connectivity index (χ4n) is 2.00. The van der Waals surface area contributed by atoms with Gasteiger partial charge in [-0.25, -0.2) is 4.39 Å². The monoisotopic (exact) mass is 282 g/mol. The minimum absolute atomic E-state index is 0.106. The number of benzene rings is 1. The van der Waals surface area contributed by atoms with E-state index in [1.807, 2.05) is 27.7 Å². The SMILES string of the molecule is COc1cc(OC)c(F)c(B2OC(C)(C)C(C)(C)O2)c1. The van der Waals surface area contributed by atoms with Gasteiger partial charge in [0.1, 0.15) is 5.75 Å². The second-order valence-electron chi connectivity index (χ2n) is 5.82. The second-order valence-corrected chi connectivity index (χ2v) is 5.82. The molecular formula is C14H20BFO4. The van der Waals surface area contributed by atoms with Gasteiger partial charge in [-0.05, 0) is 33.8 Å². The van der Waals surface area contributed by atoms with Gasteiger partial charge in [-0.2, -0.15) is 0 Å². The second kappa shape index (κ2) is 4.93. The number of halogens is 1. The molecule has 0 bridgehead atoms. The van der Waals surface area contributed by atoms with Gasteiger partial charge in [0, 0.05) is 11.5 Å². The number of ether oxygens (including phenoxy) is 2. The highest BCUT2D eigenvalue weighted by molar-refractivity contribution is 6.62. The fraction of sp³-hybridized carbons (Fsp3) is 0.571. The Morgan fingerprint density at radius 1 is 1.00 bits per heavy atom. The molecule has 0 saturated carbocycles. The van der Waals surface area contributed by atoms with Crippen molar-refractivity contribution >= 4 is 12.6 Å². The third kappa shape index (κ3) is 2.38. The van der Waals surface area contributed by atoms with Crippen LogP contribution in [0.1, 0.15) is 27.7 Å². The maximum absolute atomic E-state index is 14.4. The molecule has 1 fully saturated rings. The van der Waals surface area contributed by atoms with E-state index in [-0.39, 0.29) is 11.2 Å². The molecule has 20 heavy (non-hydrogen) atoms. The zero-order valence-electron chi connectivity index (χ0n) is 12.7. The first-order valence-corrected chi connectivity index (χ1v) is 6.49. The van der Waals surface area contributed by atoms with Crippen molar-refractivity contribution < 1.29 is 23.2 Å². The summed E-state index contributed by atoms with van der Waals surface area (Å²) in [4.78, 5) is 0. The van der Waals surface area contributed by atoms with E-state index in [2.05, 4.69) is 0 Å². The third-order valence-corrected chi connectivity index (χ3v) is 4.00. The Labute approximate surface area is 119 Å². The Kier molecular flexibility index (Phi) is 3.73. The molecular weight excluding hydrogens is 262 g/mol. The molecule has 0 radical (unpaired) electrons. The van der Waals surface area contributed by atoms with E-state index >= 15 is 0 Å². The Morgan fingerprint density at radius 3 is 2.00 bits per heavy atom. The Balaban J connectivity index is 2.44. The summed E-state index contributed by atoms with van der Waals surface area (Å²) in [6, 6.07) is 3.06. The number of methoxy groups -OCH3 is 2. The molecule has 2 rings (SSSR count). The molecule has 6 heteroatoms. The highest BCUT2D eigenvalue weighted by Crippen LogP contribution is 2.37. The fourth-order valence-corrected chi connectivity index (χ4v) is 2.00. The van der Waals surface area contributed by atoms with Gasteiger partial charge in [0.05, 0.1) is 25.4 Å². The van der Waals surface area contributed by atoms with E-state index in [1.165, 1.54) is 20.3 Å². The van der Waals surface area contributed by atoms with Crippen LogP contribution in [0, 0.1) is 5.82 Å². The summed E-state index contributed by atoms with van der Waals surface area (Å²) in [6.07, 6.45) is 0. The van der Waals surface area contributed by atoms with Crippen molar-refractivity contribution in [3.8, 4) is 11.5 Å². The van der Waals surface area contributed by atoms with Crippen LogP contribution in [-0.2, 0) is 9.31 Å². The van der Waals surface area contributed by atoms with Crippen molar-refractivity contribution in [1.82, 2.24) is 0 Å². The van der Waals surface area contributed by atoms with Crippen LogP contribution >= 0.6 is 0 Å². The van der Waals surface area contributed by atoms with Crippen LogP contribution in [0.25, 0.3) is 0 Å². The molecule has 1 aromatic rings. The van der Waals surface area contributed by atoms with E-state index in [1.54, 1.807) is 6.07 Å². The molecule has 4 nitrogen and oxygen atoms in total. The molecule has 0 N–H and O–H groups in total. The summed E-state index contributed by atoms with van der Waals surface area (Å²) in [5.74, 6) is 0.105. The van der Waals surface area contributed by atoms with E-state index < -0.39 is 24.1 Å². The molecule has 1 saturated heterocycles. The van der Waals surface area contributed by atoms with Crippen LogP contribution < -0.4 is 14.9 Å². The van der Waals surface area contributed by atoms with Crippen molar-refractivity contribution in [3.05, 3.63) is 17.9 Å². The Bertz CT molecular complexity index is 500. The van der Waals surface area contributed by atoms with Crippen molar-refractivity contribution in [1.29, 1.82) is 0 Å². The van der Waals surface area contributed by atoms with Crippen LogP contribution in [0.2, 0.25) is 0 Å². The molecule has 0 unspecified atom stereocenters. The molecule has 1 aliphatic heterocycles. The Morgan fingerprint density at radius 2 is 1.55 bits per heavy atom. The maximum Gasteiger partial charge on any atom is 0.498 e. The van der Waals surface area contributed by atoms with Crippen molar-refractivity contribution in [3.63, 3.8) is 0 Å². The highest BCUT2D eigenvalue weighted by Gasteiger charge is 2.52. The van der Waals surface area contributed by atoms with Crippen LogP contribution in [0.3, 0.4) is 0 Å². The van der Waals surface area contributed by atoms with E-state index in [4.69, 9.17) is 18.8 Å². The Hall–Kier alpha value is -1.27. The summed E-state index contributed by atoms with van der Waals surface area (Å²) in [5, 5.41) is 0. The largest absolute Gasteiger partial charge is 0.498 e. The van der Waals surface area contributed by atoms with Crippen molar-refractivity contribution in [2.24, 2.45) is 0 Å². The van der Waals surface area contributed by atoms with Gasteiger partial charge in [0.15, 0.2) is 11.6 Å². The number of hydrogen-bond acceptors (Lipinski definition) is 4. The lowest BCUT2D eigenvalue weighted by molar-refractivity contribution is 0.00578. The smallest absolute Gasteiger partial charge is 0.497 e. The predicted molar refractivity (Wildman–Crippen MR) is 75.2 cm³/mol. The van der Waals surface area contributed by atoms with Gasteiger partial charge in [-0.1, -0.05) is 0 Å². The van der Waals surface area contributed by atoms with Crippen molar-refractivity contribution in [2.75, 3.05) is 14.2 Å². The summed E-state index contributed by atoms with van der Waals surface area (Å²) in [5.41, 5.74) is -0.777. The molecule has 110 valence electrons. The van der Waals surface area contributed by atoms with Gasteiger partial charge < -0.3 is 18.8 Å². The molecule has 0 spiro atoms. The topological polar surface area (TPSA) is 36.9 Å². The average Bonchev–Trinajstić information content (AvgIpc) is 2.58. The zero-order valence-corrected chi connectivity index (χ0v) is 12.7. The first-order chi connectivity index (χ1) is 9.21. The van der Waals surface area contributed by atoms with Crippen molar-refractivity contribution in [2.45, 2.75) is 38.9 Å². The maximum atomic E-state index is 14.4. The lowest BCUT2D eigenvalue weighted by Crippen LogP contribution is -2.41. The molecule has 0 aliphatic carbocycles.